The van der Waals surface area contributed by atoms with Crippen molar-refractivity contribution in [1.82, 2.24) is 10.1 Å². The van der Waals surface area contributed by atoms with Crippen molar-refractivity contribution < 1.29 is 9.32 Å². The highest BCUT2D eigenvalue weighted by molar-refractivity contribution is 6.04. The fourth-order valence-electron chi connectivity index (χ4n) is 2.42. The number of aromatic nitrogens is 1. The van der Waals surface area contributed by atoms with E-state index in [1.165, 1.54) is 0 Å². The summed E-state index contributed by atoms with van der Waals surface area (Å²) in [5.74, 6) is -0.106. The first-order chi connectivity index (χ1) is 8.16. The molecule has 2 heterocycles. The Balaban J connectivity index is 2.16. The van der Waals surface area contributed by atoms with E-state index in [0.717, 1.165) is 24.0 Å². The maximum Gasteiger partial charge on any atom is 0.271 e. The molecule has 0 saturated carbocycles. The van der Waals surface area contributed by atoms with Crippen LogP contribution in [-0.2, 0) is 0 Å². The summed E-state index contributed by atoms with van der Waals surface area (Å²) in [6, 6.07) is 5.75. The van der Waals surface area contributed by atoms with Gasteiger partial charge >= 0.3 is 0 Å². The van der Waals surface area contributed by atoms with Gasteiger partial charge in [0.15, 0.2) is 11.3 Å². The number of hydrogen-bond donors (Lipinski definition) is 1. The van der Waals surface area contributed by atoms with Crippen LogP contribution < -0.4 is 5.73 Å². The van der Waals surface area contributed by atoms with Gasteiger partial charge in [-0.3, -0.25) is 4.79 Å². The zero-order chi connectivity index (χ0) is 12.0. The lowest BCUT2D eigenvalue weighted by Crippen LogP contribution is -2.41. The quantitative estimate of drug-likeness (QED) is 0.835. The van der Waals surface area contributed by atoms with Gasteiger partial charge < -0.3 is 15.2 Å². The van der Waals surface area contributed by atoms with Crippen molar-refractivity contribution in [3.05, 3.63) is 29.5 Å². The van der Waals surface area contributed by atoms with Crippen LogP contribution in [0.5, 0.6) is 0 Å². The Hall–Kier alpha value is -1.88. The molecule has 2 aromatic rings. The van der Waals surface area contributed by atoms with Gasteiger partial charge in [0.1, 0.15) is 0 Å². The Morgan fingerprint density at radius 2 is 2.29 bits per heavy atom. The minimum atomic E-state index is -0.538. The highest BCUT2D eigenvalue weighted by Gasteiger charge is 2.29. The third-order valence-corrected chi connectivity index (χ3v) is 3.27. The fraction of sp³-hybridized carbons (Fsp3) is 0.333. The number of amides is 1. The first kappa shape index (κ1) is 10.3. The van der Waals surface area contributed by atoms with E-state index in [1.54, 1.807) is 6.07 Å². The standard InChI is InChI=1S/C12H13N3O2/c1-15-5-7(6-15)8-3-2-4-9-10(8)11(12(13)16)14-17-9/h2-4,7H,5-6H2,1H3,(H2,13,16). The van der Waals surface area contributed by atoms with Gasteiger partial charge in [-0.2, -0.15) is 0 Å². The van der Waals surface area contributed by atoms with E-state index in [0.29, 0.717) is 11.5 Å². The third kappa shape index (κ3) is 1.51. The Kier molecular flexibility index (Phi) is 2.16. The van der Waals surface area contributed by atoms with E-state index in [4.69, 9.17) is 10.3 Å². The predicted octanol–water partition coefficient (Wildman–Crippen LogP) is 0.956. The van der Waals surface area contributed by atoms with Gasteiger partial charge in [0, 0.05) is 19.0 Å². The van der Waals surface area contributed by atoms with Crippen molar-refractivity contribution in [2.75, 3.05) is 20.1 Å². The molecule has 5 nitrogen and oxygen atoms in total. The van der Waals surface area contributed by atoms with Crippen LogP contribution in [0, 0.1) is 0 Å². The SMILES string of the molecule is CN1CC(c2cccc3onc(C(N)=O)c23)C1. The van der Waals surface area contributed by atoms with E-state index in [2.05, 4.69) is 17.1 Å². The van der Waals surface area contributed by atoms with Gasteiger partial charge in [0.05, 0.1) is 5.39 Å². The highest BCUT2D eigenvalue weighted by Crippen LogP contribution is 2.33. The summed E-state index contributed by atoms with van der Waals surface area (Å²) in [5.41, 5.74) is 7.29. The molecule has 2 N–H and O–H groups in total. The van der Waals surface area contributed by atoms with Crippen molar-refractivity contribution in [3.63, 3.8) is 0 Å². The van der Waals surface area contributed by atoms with Gasteiger partial charge in [-0.15, -0.1) is 0 Å². The summed E-state index contributed by atoms with van der Waals surface area (Å²) in [5, 5.41) is 4.53. The molecule has 0 bridgehead atoms. The van der Waals surface area contributed by atoms with Crippen LogP contribution >= 0.6 is 0 Å². The topological polar surface area (TPSA) is 72.4 Å². The number of likely N-dealkylation sites (tertiary alicyclic amines) is 1. The number of hydrogen-bond acceptors (Lipinski definition) is 4. The zero-order valence-corrected chi connectivity index (χ0v) is 9.51. The first-order valence-corrected chi connectivity index (χ1v) is 5.53. The van der Waals surface area contributed by atoms with Crippen LogP contribution in [0.2, 0.25) is 0 Å². The van der Waals surface area contributed by atoms with Crippen molar-refractivity contribution in [3.8, 4) is 0 Å². The number of fused-ring (bicyclic) bond motifs is 1. The van der Waals surface area contributed by atoms with E-state index in [9.17, 15) is 4.79 Å². The Morgan fingerprint density at radius 3 is 2.94 bits per heavy atom. The predicted molar refractivity (Wildman–Crippen MR) is 62.8 cm³/mol. The maximum absolute atomic E-state index is 11.3. The molecule has 1 saturated heterocycles. The maximum atomic E-state index is 11.3. The smallest absolute Gasteiger partial charge is 0.271 e. The lowest BCUT2D eigenvalue weighted by atomic mass is 9.89. The molecule has 1 aliphatic heterocycles. The van der Waals surface area contributed by atoms with E-state index in [-0.39, 0.29) is 5.69 Å². The average Bonchev–Trinajstić information content (AvgIpc) is 2.68. The van der Waals surface area contributed by atoms with Crippen molar-refractivity contribution >= 4 is 16.9 Å². The van der Waals surface area contributed by atoms with Gasteiger partial charge in [-0.25, -0.2) is 0 Å². The Morgan fingerprint density at radius 1 is 1.53 bits per heavy atom. The number of carbonyl (C=O) groups is 1. The first-order valence-electron chi connectivity index (χ1n) is 5.53. The van der Waals surface area contributed by atoms with E-state index < -0.39 is 5.91 Å². The molecular weight excluding hydrogens is 218 g/mol. The van der Waals surface area contributed by atoms with Crippen LogP contribution in [0.4, 0.5) is 0 Å². The third-order valence-electron chi connectivity index (χ3n) is 3.27. The number of carbonyl (C=O) groups excluding carboxylic acids is 1. The van der Waals surface area contributed by atoms with Gasteiger partial charge in [-0.05, 0) is 18.7 Å². The zero-order valence-electron chi connectivity index (χ0n) is 9.51. The lowest BCUT2D eigenvalue weighted by Gasteiger charge is -2.36. The van der Waals surface area contributed by atoms with Crippen LogP contribution in [0.3, 0.4) is 0 Å². The van der Waals surface area contributed by atoms with Gasteiger partial charge in [0.2, 0.25) is 0 Å². The monoisotopic (exact) mass is 231 g/mol. The number of rotatable bonds is 2. The lowest BCUT2D eigenvalue weighted by molar-refractivity contribution is 0.0993. The number of likely N-dealkylation sites (N-methyl/N-ethyl adjacent to an activating group) is 1. The van der Waals surface area contributed by atoms with Gasteiger partial charge in [0.25, 0.3) is 5.91 Å². The Labute approximate surface area is 98.2 Å². The van der Waals surface area contributed by atoms with Crippen molar-refractivity contribution in [2.45, 2.75) is 5.92 Å². The minimum Gasteiger partial charge on any atom is -0.364 e. The second-order valence-corrected chi connectivity index (χ2v) is 4.53. The molecule has 0 unspecified atom stereocenters. The summed E-state index contributed by atoms with van der Waals surface area (Å²) in [6.45, 7) is 1.98. The second kappa shape index (κ2) is 3.56. The van der Waals surface area contributed by atoms with Crippen LogP contribution in [0.1, 0.15) is 22.0 Å². The fourth-order valence-corrected chi connectivity index (χ4v) is 2.42. The summed E-state index contributed by atoms with van der Waals surface area (Å²) >= 11 is 0. The van der Waals surface area contributed by atoms with Crippen molar-refractivity contribution in [1.29, 1.82) is 0 Å². The van der Waals surface area contributed by atoms with Crippen LogP contribution in [0.25, 0.3) is 11.0 Å². The molecule has 0 radical (unpaired) electrons. The van der Waals surface area contributed by atoms with E-state index >= 15 is 0 Å². The molecular formula is C12H13N3O2. The molecule has 17 heavy (non-hydrogen) atoms. The molecule has 88 valence electrons. The second-order valence-electron chi connectivity index (χ2n) is 4.53. The Bertz CT molecular complexity index is 584. The highest BCUT2D eigenvalue weighted by atomic mass is 16.5. The molecule has 0 atom stereocenters. The molecule has 5 heteroatoms. The molecule has 1 amide bonds. The number of nitrogens with two attached hydrogens (primary N) is 1. The van der Waals surface area contributed by atoms with E-state index in [1.807, 2.05) is 12.1 Å². The summed E-state index contributed by atoms with van der Waals surface area (Å²) in [6.07, 6.45) is 0. The molecule has 3 rings (SSSR count). The van der Waals surface area contributed by atoms with Crippen LogP contribution in [0.15, 0.2) is 22.7 Å². The van der Waals surface area contributed by atoms with Gasteiger partial charge in [-0.1, -0.05) is 17.3 Å². The number of benzene rings is 1. The van der Waals surface area contributed by atoms with Crippen molar-refractivity contribution in [2.24, 2.45) is 5.73 Å². The number of nitrogens with zero attached hydrogens (tertiary/aromatic N) is 2. The molecule has 1 fully saturated rings. The largest absolute Gasteiger partial charge is 0.364 e. The summed E-state index contributed by atoms with van der Waals surface area (Å²) in [4.78, 5) is 13.5. The summed E-state index contributed by atoms with van der Waals surface area (Å²) in [7, 11) is 2.07. The average molecular weight is 231 g/mol. The number of primary amides is 1. The minimum absolute atomic E-state index is 0.241. The molecule has 0 spiro atoms. The molecule has 1 aliphatic rings. The molecule has 1 aromatic heterocycles. The normalized spacial score (nSPS) is 17.2. The molecule has 0 aliphatic carbocycles. The molecule has 1 aromatic carbocycles. The van der Waals surface area contributed by atoms with Crippen LogP contribution in [-0.4, -0.2) is 36.1 Å². The summed E-state index contributed by atoms with van der Waals surface area (Å²) < 4.78 is 5.13.